The maximum atomic E-state index is 6.06. The molecule has 16 heavy (non-hydrogen) atoms. The first-order valence-electron chi connectivity index (χ1n) is 5.79. The Morgan fingerprint density at radius 1 is 1.56 bits per heavy atom. The molecule has 1 aliphatic heterocycles. The van der Waals surface area contributed by atoms with Gasteiger partial charge in [-0.3, -0.25) is 4.68 Å². The minimum absolute atomic E-state index is 0.309. The molecule has 0 spiro atoms. The second-order valence-corrected chi connectivity index (χ2v) is 4.29. The molecule has 5 nitrogen and oxygen atoms in total. The Kier molecular flexibility index (Phi) is 3.05. The van der Waals surface area contributed by atoms with Crippen LogP contribution in [0.1, 0.15) is 19.0 Å². The first-order chi connectivity index (χ1) is 7.63. The van der Waals surface area contributed by atoms with Gasteiger partial charge in [0.1, 0.15) is 0 Å². The van der Waals surface area contributed by atoms with Gasteiger partial charge in [0, 0.05) is 20.1 Å². The number of aromatic nitrogens is 2. The van der Waals surface area contributed by atoms with Gasteiger partial charge in [0.2, 0.25) is 0 Å². The molecule has 90 valence electrons. The zero-order valence-electron chi connectivity index (χ0n) is 10.2. The summed E-state index contributed by atoms with van der Waals surface area (Å²) in [5, 5.41) is 4.35. The number of rotatable bonds is 2. The maximum Gasteiger partial charge on any atom is 0.150 e. The van der Waals surface area contributed by atoms with E-state index in [0.717, 1.165) is 43.3 Å². The van der Waals surface area contributed by atoms with Crippen LogP contribution in [0.2, 0.25) is 0 Å². The van der Waals surface area contributed by atoms with Gasteiger partial charge in [-0.25, -0.2) is 0 Å². The third-order valence-corrected chi connectivity index (χ3v) is 3.13. The lowest BCUT2D eigenvalue weighted by Crippen LogP contribution is -2.43. The summed E-state index contributed by atoms with van der Waals surface area (Å²) in [6.07, 6.45) is 1.34. The van der Waals surface area contributed by atoms with Gasteiger partial charge < -0.3 is 15.4 Å². The zero-order valence-corrected chi connectivity index (χ0v) is 10.2. The zero-order chi connectivity index (χ0) is 11.7. The molecule has 1 unspecified atom stereocenters. The monoisotopic (exact) mass is 224 g/mol. The summed E-state index contributed by atoms with van der Waals surface area (Å²) in [6, 6.07) is 0. The van der Waals surface area contributed by atoms with Crippen molar-refractivity contribution in [2.75, 3.05) is 30.3 Å². The topological polar surface area (TPSA) is 56.3 Å². The Hall–Kier alpha value is -1.23. The van der Waals surface area contributed by atoms with Crippen LogP contribution in [-0.2, 0) is 11.8 Å². The van der Waals surface area contributed by atoms with Crippen LogP contribution >= 0.6 is 0 Å². The van der Waals surface area contributed by atoms with E-state index >= 15 is 0 Å². The van der Waals surface area contributed by atoms with Gasteiger partial charge in [-0.15, -0.1) is 0 Å². The van der Waals surface area contributed by atoms with Crippen LogP contribution in [0.25, 0.3) is 0 Å². The number of aryl methyl sites for hydroxylation is 2. The number of anilines is 2. The molecular formula is C11H20N4O. The highest BCUT2D eigenvalue weighted by atomic mass is 16.5. The highest BCUT2D eigenvalue weighted by Crippen LogP contribution is 2.27. The van der Waals surface area contributed by atoms with E-state index in [1.165, 1.54) is 0 Å². The largest absolute Gasteiger partial charge is 0.394 e. The highest BCUT2D eigenvalue weighted by Gasteiger charge is 2.24. The minimum atomic E-state index is 0.309. The molecule has 0 radical (unpaired) electrons. The number of nitrogen functional groups attached to an aromatic ring is 1. The fraction of sp³-hybridized carbons (Fsp3) is 0.727. The van der Waals surface area contributed by atoms with Crippen LogP contribution in [0.5, 0.6) is 0 Å². The van der Waals surface area contributed by atoms with Crippen molar-refractivity contribution < 1.29 is 4.74 Å². The van der Waals surface area contributed by atoms with E-state index in [1.807, 2.05) is 18.7 Å². The molecule has 0 saturated carbocycles. The molecule has 2 N–H and O–H groups in total. The molecule has 0 aliphatic carbocycles. The lowest BCUT2D eigenvalue weighted by atomic mass is 10.2. The Bertz CT molecular complexity index is 374. The third-order valence-electron chi connectivity index (χ3n) is 3.13. The number of nitrogens with zero attached hydrogens (tertiary/aromatic N) is 3. The van der Waals surface area contributed by atoms with Gasteiger partial charge in [0.05, 0.1) is 24.1 Å². The van der Waals surface area contributed by atoms with E-state index in [9.17, 15) is 0 Å². The van der Waals surface area contributed by atoms with Crippen LogP contribution in [0.15, 0.2) is 0 Å². The normalized spacial score (nSPS) is 21.4. The summed E-state index contributed by atoms with van der Waals surface area (Å²) >= 11 is 0. The Balaban J connectivity index is 2.23. The fourth-order valence-corrected chi connectivity index (χ4v) is 2.20. The van der Waals surface area contributed by atoms with E-state index < -0.39 is 0 Å². The maximum absolute atomic E-state index is 6.06. The van der Waals surface area contributed by atoms with Crippen molar-refractivity contribution >= 4 is 11.5 Å². The predicted molar refractivity (Wildman–Crippen MR) is 64.6 cm³/mol. The molecule has 2 heterocycles. The average Bonchev–Trinajstić information content (AvgIpc) is 2.53. The van der Waals surface area contributed by atoms with Crippen molar-refractivity contribution in [3.8, 4) is 0 Å². The fourth-order valence-electron chi connectivity index (χ4n) is 2.20. The van der Waals surface area contributed by atoms with Crippen LogP contribution in [-0.4, -0.2) is 35.6 Å². The number of morpholine rings is 1. The van der Waals surface area contributed by atoms with Crippen molar-refractivity contribution in [2.45, 2.75) is 26.4 Å². The molecule has 0 amide bonds. The van der Waals surface area contributed by atoms with E-state index in [-0.39, 0.29) is 0 Å². The second kappa shape index (κ2) is 4.33. The lowest BCUT2D eigenvalue weighted by molar-refractivity contribution is 0.0380. The highest BCUT2D eigenvalue weighted by molar-refractivity contribution is 5.66. The SMILES string of the molecule is CCC1CN(c2c(N)c(C)nn2C)CCO1. The van der Waals surface area contributed by atoms with Gasteiger partial charge in [0.25, 0.3) is 0 Å². The molecule has 5 heteroatoms. The molecule has 0 aromatic carbocycles. The molecule has 1 aromatic rings. The Morgan fingerprint density at radius 2 is 2.31 bits per heavy atom. The van der Waals surface area contributed by atoms with Crippen molar-refractivity contribution in [3.05, 3.63) is 5.69 Å². The van der Waals surface area contributed by atoms with E-state index in [0.29, 0.717) is 6.10 Å². The van der Waals surface area contributed by atoms with Crippen LogP contribution < -0.4 is 10.6 Å². The van der Waals surface area contributed by atoms with Crippen molar-refractivity contribution in [3.63, 3.8) is 0 Å². The standard InChI is InChI=1S/C11H20N4O/c1-4-9-7-15(5-6-16-9)11-10(12)8(2)13-14(11)3/h9H,4-7,12H2,1-3H3. The number of nitrogens with two attached hydrogens (primary N) is 1. The molecule has 1 aliphatic rings. The summed E-state index contributed by atoms with van der Waals surface area (Å²) in [6.45, 7) is 6.64. The molecule has 1 aromatic heterocycles. The smallest absolute Gasteiger partial charge is 0.150 e. The quantitative estimate of drug-likeness (QED) is 0.812. The Labute approximate surface area is 96.2 Å². The molecular weight excluding hydrogens is 204 g/mol. The van der Waals surface area contributed by atoms with Crippen molar-refractivity contribution in [1.29, 1.82) is 0 Å². The van der Waals surface area contributed by atoms with Crippen LogP contribution in [0.4, 0.5) is 11.5 Å². The van der Waals surface area contributed by atoms with Gasteiger partial charge in [0.15, 0.2) is 5.82 Å². The first-order valence-corrected chi connectivity index (χ1v) is 5.79. The predicted octanol–water partition coefficient (Wildman–Crippen LogP) is 0.926. The van der Waals surface area contributed by atoms with E-state index in [2.05, 4.69) is 16.9 Å². The van der Waals surface area contributed by atoms with E-state index in [4.69, 9.17) is 10.5 Å². The molecule has 0 bridgehead atoms. The molecule has 1 saturated heterocycles. The number of hydrogen-bond acceptors (Lipinski definition) is 4. The van der Waals surface area contributed by atoms with E-state index in [1.54, 1.807) is 0 Å². The molecule has 1 fully saturated rings. The first kappa shape index (κ1) is 11.3. The Morgan fingerprint density at radius 3 is 2.88 bits per heavy atom. The third kappa shape index (κ3) is 1.87. The minimum Gasteiger partial charge on any atom is -0.394 e. The van der Waals surface area contributed by atoms with Crippen molar-refractivity contribution in [1.82, 2.24) is 9.78 Å². The van der Waals surface area contributed by atoms with Crippen LogP contribution in [0.3, 0.4) is 0 Å². The molecule has 2 rings (SSSR count). The lowest BCUT2D eigenvalue weighted by Gasteiger charge is -2.34. The van der Waals surface area contributed by atoms with Gasteiger partial charge in [-0.2, -0.15) is 5.10 Å². The summed E-state index contributed by atoms with van der Waals surface area (Å²) in [5.74, 6) is 1.03. The summed E-state index contributed by atoms with van der Waals surface area (Å²) < 4.78 is 7.52. The molecule has 1 atom stereocenters. The average molecular weight is 224 g/mol. The van der Waals surface area contributed by atoms with Crippen molar-refractivity contribution in [2.24, 2.45) is 7.05 Å². The summed E-state index contributed by atoms with van der Waals surface area (Å²) in [4.78, 5) is 2.27. The number of ether oxygens (including phenoxy) is 1. The van der Waals surface area contributed by atoms with Gasteiger partial charge in [-0.05, 0) is 13.3 Å². The summed E-state index contributed by atoms with van der Waals surface area (Å²) in [5.41, 5.74) is 7.75. The second-order valence-electron chi connectivity index (χ2n) is 4.29. The van der Waals surface area contributed by atoms with Gasteiger partial charge >= 0.3 is 0 Å². The summed E-state index contributed by atoms with van der Waals surface area (Å²) in [7, 11) is 1.94. The van der Waals surface area contributed by atoms with Gasteiger partial charge in [-0.1, -0.05) is 6.92 Å². The van der Waals surface area contributed by atoms with Crippen LogP contribution in [0, 0.1) is 6.92 Å². The number of hydrogen-bond donors (Lipinski definition) is 1.